The van der Waals surface area contributed by atoms with E-state index < -0.39 is 6.10 Å². The second kappa shape index (κ2) is 46.3. The summed E-state index contributed by atoms with van der Waals surface area (Å²) < 4.78 is 16.7. The van der Waals surface area contributed by atoms with Crippen molar-refractivity contribution in [2.24, 2.45) is 0 Å². The van der Waals surface area contributed by atoms with E-state index in [1.165, 1.54) is 135 Å². The molecule has 0 spiro atoms. The number of hydrogen-bond acceptors (Lipinski definition) is 6. The fourth-order valence-corrected chi connectivity index (χ4v) is 6.88. The summed E-state index contributed by atoms with van der Waals surface area (Å²) in [6.45, 7) is 6.54. The molecule has 0 amide bonds. The Labute approximate surface area is 353 Å². The van der Waals surface area contributed by atoms with Gasteiger partial charge in [-0.2, -0.15) is 0 Å². The van der Waals surface area contributed by atoms with Crippen LogP contribution in [0.5, 0.6) is 0 Å². The maximum Gasteiger partial charge on any atom is 0.306 e. The number of ether oxygens (including phenoxy) is 3. The minimum atomic E-state index is -0.773. The van der Waals surface area contributed by atoms with Crippen LogP contribution < -0.4 is 0 Å². The highest BCUT2D eigenvalue weighted by molar-refractivity contribution is 5.71. The molecule has 0 radical (unpaired) electrons. The maximum atomic E-state index is 12.7. The minimum Gasteiger partial charge on any atom is -0.462 e. The molecular weight excluding hydrogens is 709 g/mol. The van der Waals surface area contributed by atoms with Crippen LogP contribution in [0.15, 0.2) is 36.5 Å². The Balaban J connectivity index is 4.25. The zero-order valence-electron chi connectivity index (χ0n) is 37.9. The smallest absolute Gasteiger partial charge is 0.306 e. The van der Waals surface area contributed by atoms with Gasteiger partial charge >= 0.3 is 17.9 Å². The summed E-state index contributed by atoms with van der Waals surface area (Å²) >= 11 is 0. The van der Waals surface area contributed by atoms with Crippen molar-refractivity contribution >= 4 is 17.9 Å². The molecule has 57 heavy (non-hydrogen) atoms. The van der Waals surface area contributed by atoms with E-state index in [9.17, 15) is 14.4 Å². The van der Waals surface area contributed by atoms with Crippen molar-refractivity contribution in [1.29, 1.82) is 0 Å². The van der Waals surface area contributed by atoms with Gasteiger partial charge in [0.05, 0.1) is 0 Å². The van der Waals surface area contributed by atoms with Gasteiger partial charge in [-0.15, -0.1) is 0 Å². The minimum absolute atomic E-state index is 0.0773. The largest absolute Gasteiger partial charge is 0.462 e. The average Bonchev–Trinajstić information content (AvgIpc) is 3.21. The van der Waals surface area contributed by atoms with Gasteiger partial charge in [0.1, 0.15) is 13.2 Å². The van der Waals surface area contributed by atoms with Gasteiger partial charge in [0.15, 0.2) is 6.10 Å². The third-order valence-electron chi connectivity index (χ3n) is 10.6. The molecule has 0 aromatic rings. The second-order valence-corrected chi connectivity index (χ2v) is 16.4. The van der Waals surface area contributed by atoms with Crippen LogP contribution in [0.3, 0.4) is 0 Å². The summed E-state index contributed by atoms with van der Waals surface area (Å²) in [5, 5.41) is 0. The summed E-state index contributed by atoms with van der Waals surface area (Å²) in [4.78, 5) is 37.7. The molecule has 6 nitrogen and oxygen atoms in total. The Morgan fingerprint density at radius 1 is 0.351 bits per heavy atom. The fraction of sp³-hybridized carbons (Fsp3) is 0.824. The highest BCUT2D eigenvalue weighted by atomic mass is 16.6. The standard InChI is InChI=1S/C51H92O6/c1-4-7-10-13-16-18-20-22-24-26-28-29-31-33-35-38-41-44-50(53)56-47-48(46-55-49(52)43-40-37-15-12-9-6-3)57-51(54)45-42-39-36-34-32-30-27-25-23-21-19-17-14-11-8-5-2/h16,18,22,24-25,27,48H,4-15,17,19-21,23,26,28-47H2,1-3H3/b18-16-,24-22-,27-25-. The van der Waals surface area contributed by atoms with Crippen molar-refractivity contribution in [3.8, 4) is 0 Å². The third kappa shape index (κ3) is 44.6. The Morgan fingerprint density at radius 2 is 0.632 bits per heavy atom. The summed E-state index contributed by atoms with van der Waals surface area (Å²) in [7, 11) is 0. The highest BCUT2D eigenvalue weighted by Crippen LogP contribution is 2.14. The van der Waals surface area contributed by atoms with Crippen LogP contribution in [0.25, 0.3) is 0 Å². The average molecular weight is 801 g/mol. The van der Waals surface area contributed by atoms with Crippen molar-refractivity contribution in [2.45, 2.75) is 258 Å². The monoisotopic (exact) mass is 801 g/mol. The summed E-state index contributed by atoms with van der Waals surface area (Å²) in [6, 6.07) is 0. The number of carbonyl (C=O) groups excluding carboxylic acids is 3. The van der Waals surface area contributed by atoms with Crippen LogP contribution in [0, 0.1) is 0 Å². The molecule has 332 valence electrons. The molecule has 0 aliphatic heterocycles. The first kappa shape index (κ1) is 54.6. The molecule has 0 fully saturated rings. The number of rotatable bonds is 44. The van der Waals surface area contributed by atoms with Gasteiger partial charge in [0.2, 0.25) is 0 Å². The topological polar surface area (TPSA) is 78.9 Å². The first-order valence-corrected chi connectivity index (χ1v) is 24.5. The van der Waals surface area contributed by atoms with Gasteiger partial charge in [-0.1, -0.05) is 192 Å². The Hall–Kier alpha value is -2.37. The van der Waals surface area contributed by atoms with Crippen molar-refractivity contribution in [3.05, 3.63) is 36.5 Å². The number of unbranched alkanes of at least 4 members (excludes halogenated alkanes) is 27. The van der Waals surface area contributed by atoms with E-state index in [-0.39, 0.29) is 31.1 Å². The van der Waals surface area contributed by atoms with E-state index in [2.05, 4.69) is 57.2 Å². The number of allylic oxidation sites excluding steroid dienone is 6. The first-order chi connectivity index (χ1) is 28.0. The van der Waals surface area contributed by atoms with E-state index in [0.717, 1.165) is 77.0 Å². The Kier molecular flexibility index (Phi) is 44.4. The molecule has 1 unspecified atom stereocenters. The lowest BCUT2D eigenvalue weighted by molar-refractivity contribution is -0.167. The molecule has 0 saturated carbocycles. The van der Waals surface area contributed by atoms with E-state index in [1.807, 2.05) is 0 Å². The summed E-state index contributed by atoms with van der Waals surface area (Å²) in [5.41, 5.74) is 0. The lowest BCUT2D eigenvalue weighted by Gasteiger charge is -2.18. The van der Waals surface area contributed by atoms with Crippen LogP contribution in [0.4, 0.5) is 0 Å². The van der Waals surface area contributed by atoms with Crippen LogP contribution in [-0.4, -0.2) is 37.2 Å². The maximum absolute atomic E-state index is 12.7. The molecule has 1 atom stereocenters. The van der Waals surface area contributed by atoms with Crippen LogP contribution in [-0.2, 0) is 28.6 Å². The quantitative estimate of drug-likeness (QED) is 0.0264. The summed E-state index contributed by atoms with van der Waals surface area (Å²) in [6.07, 6.45) is 52.9. The first-order valence-electron chi connectivity index (χ1n) is 24.5. The molecular formula is C51H92O6. The van der Waals surface area contributed by atoms with Crippen molar-refractivity contribution < 1.29 is 28.6 Å². The molecule has 0 rings (SSSR count). The SMILES string of the molecule is CCCCC/C=C\C/C=C\CCCCCCCCCC(=O)OCC(COC(=O)CCCCCCCC)OC(=O)CCCCCCC/C=C\CCCCCCCCC. The van der Waals surface area contributed by atoms with Crippen LogP contribution in [0.1, 0.15) is 252 Å². The summed E-state index contributed by atoms with van der Waals surface area (Å²) in [5.74, 6) is -0.898. The lowest BCUT2D eigenvalue weighted by atomic mass is 10.1. The van der Waals surface area contributed by atoms with Crippen molar-refractivity contribution in [3.63, 3.8) is 0 Å². The molecule has 0 aromatic carbocycles. The Bertz CT molecular complexity index is 969. The third-order valence-corrected chi connectivity index (χ3v) is 10.6. The highest BCUT2D eigenvalue weighted by Gasteiger charge is 2.19. The van der Waals surface area contributed by atoms with Crippen LogP contribution >= 0.6 is 0 Å². The van der Waals surface area contributed by atoms with Gasteiger partial charge in [0.25, 0.3) is 0 Å². The molecule has 0 aromatic heterocycles. The second-order valence-electron chi connectivity index (χ2n) is 16.4. The normalized spacial score (nSPS) is 12.3. The number of carbonyl (C=O) groups is 3. The zero-order chi connectivity index (χ0) is 41.5. The van der Waals surface area contributed by atoms with Crippen molar-refractivity contribution in [2.75, 3.05) is 13.2 Å². The molecule has 0 bridgehead atoms. The molecule has 0 heterocycles. The number of hydrogen-bond donors (Lipinski definition) is 0. The predicted octanol–water partition coefficient (Wildman–Crippen LogP) is 15.8. The Morgan fingerprint density at radius 3 is 1.02 bits per heavy atom. The molecule has 0 aliphatic carbocycles. The van der Waals surface area contributed by atoms with Gasteiger partial charge in [-0.05, 0) is 77.0 Å². The number of esters is 3. The lowest BCUT2D eigenvalue weighted by Crippen LogP contribution is -2.30. The molecule has 0 saturated heterocycles. The van der Waals surface area contributed by atoms with Crippen LogP contribution in [0.2, 0.25) is 0 Å². The zero-order valence-corrected chi connectivity index (χ0v) is 37.9. The van der Waals surface area contributed by atoms with Crippen molar-refractivity contribution in [1.82, 2.24) is 0 Å². The predicted molar refractivity (Wildman–Crippen MR) is 242 cm³/mol. The van der Waals surface area contributed by atoms with E-state index in [4.69, 9.17) is 14.2 Å². The van der Waals surface area contributed by atoms with E-state index in [0.29, 0.717) is 19.3 Å². The van der Waals surface area contributed by atoms with Gasteiger partial charge in [0, 0.05) is 19.3 Å². The molecule has 0 aliphatic rings. The molecule has 6 heteroatoms. The van der Waals surface area contributed by atoms with Gasteiger partial charge in [-0.3, -0.25) is 14.4 Å². The van der Waals surface area contributed by atoms with Gasteiger partial charge in [-0.25, -0.2) is 0 Å². The molecule has 0 N–H and O–H groups in total. The van der Waals surface area contributed by atoms with E-state index >= 15 is 0 Å². The fourth-order valence-electron chi connectivity index (χ4n) is 6.88. The van der Waals surface area contributed by atoms with E-state index in [1.54, 1.807) is 0 Å². The van der Waals surface area contributed by atoms with Gasteiger partial charge < -0.3 is 14.2 Å².